The maximum atomic E-state index is 13.0. The molecule has 3 aliphatic heterocycles. The minimum Gasteiger partial charge on any atom is -0.457 e. The highest BCUT2D eigenvalue weighted by Gasteiger charge is 2.37. The number of ether oxygens (including phenoxy) is 3. The fraction of sp³-hybridized carbons (Fsp3) is 0.583. The standard InChI is InChI=1S/C36H51N3O8/c1-25(24-45-35(43)39-18-16-28-11-6-7-12-30(28)39)9-8-10-26(2)33-27(3)13-14-31(46-34(42)38-21-19-37(5)20-22-38)36(4,44)17-15-29(40)23-32(41)47-33/h6-14,25,27,29,31,33,40,44H,15-24H2,1-5H3/b9-8+,14-13+,26-10+/t25?,27-,29-,31-,33+,36-/m0/s1. The zero-order chi connectivity index (χ0) is 34.1. The summed E-state index contributed by atoms with van der Waals surface area (Å²) < 4.78 is 17.3. The normalized spacial score (nSPS) is 29.3. The minimum atomic E-state index is -1.47. The second-order valence-corrected chi connectivity index (χ2v) is 13.4. The summed E-state index contributed by atoms with van der Waals surface area (Å²) >= 11 is 0. The molecule has 258 valence electrons. The highest BCUT2D eigenvalue weighted by atomic mass is 16.6. The summed E-state index contributed by atoms with van der Waals surface area (Å²) in [5, 5.41) is 21.9. The van der Waals surface area contributed by atoms with Crippen LogP contribution in [-0.2, 0) is 25.4 Å². The van der Waals surface area contributed by atoms with Crippen LogP contribution < -0.4 is 4.90 Å². The van der Waals surface area contributed by atoms with Gasteiger partial charge in [0.05, 0.1) is 24.8 Å². The number of piperazine rings is 1. The number of anilines is 1. The number of para-hydroxylation sites is 1. The summed E-state index contributed by atoms with van der Waals surface area (Å²) in [5.74, 6) is -0.950. The van der Waals surface area contributed by atoms with Crippen molar-refractivity contribution in [3.8, 4) is 0 Å². The van der Waals surface area contributed by atoms with Crippen LogP contribution in [0.1, 0.15) is 52.5 Å². The first-order valence-corrected chi connectivity index (χ1v) is 16.6. The summed E-state index contributed by atoms with van der Waals surface area (Å²) in [7, 11) is 2.00. The molecule has 0 spiro atoms. The van der Waals surface area contributed by atoms with Gasteiger partial charge < -0.3 is 34.2 Å². The summed E-state index contributed by atoms with van der Waals surface area (Å²) in [6, 6.07) is 7.83. The molecule has 1 aromatic rings. The van der Waals surface area contributed by atoms with Gasteiger partial charge >= 0.3 is 18.2 Å². The number of esters is 1. The Morgan fingerprint density at radius 3 is 2.60 bits per heavy atom. The molecule has 2 N–H and O–H groups in total. The van der Waals surface area contributed by atoms with Gasteiger partial charge in [-0.05, 0) is 63.4 Å². The Morgan fingerprint density at radius 1 is 1.13 bits per heavy atom. The van der Waals surface area contributed by atoms with E-state index in [4.69, 9.17) is 14.2 Å². The van der Waals surface area contributed by atoms with Crippen molar-refractivity contribution in [1.29, 1.82) is 0 Å². The average Bonchev–Trinajstić information content (AvgIpc) is 3.47. The molecule has 1 unspecified atom stereocenters. The van der Waals surface area contributed by atoms with Gasteiger partial charge in [-0.3, -0.25) is 9.69 Å². The van der Waals surface area contributed by atoms with E-state index in [1.807, 2.05) is 70.3 Å². The summed E-state index contributed by atoms with van der Waals surface area (Å²) in [4.78, 5) is 44.0. The Labute approximate surface area is 278 Å². The average molecular weight is 654 g/mol. The number of allylic oxidation sites excluding steroid dienone is 2. The van der Waals surface area contributed by atoms with E-state index < -0.39 is 36.0 Å². The molecule has 47 heavy (non-hydrogen) atoms. The van der Waals surface area contributed by atoms with Crippen LogP contribution in [0.5, 0.6) is 0 Å². The number of aliphatic hydroxyl groups excluding tert-OH is 1. The smallest absolute Gasteiger partial charge is 0.414 e. The van der Waals surface area contributed by atoms with E-state index >= 15 is 0 Å². The second-order valence-electron chi connectivity index (χ2n) is 13.4. The third-order valence-electron chi connectivity index (χ3n) is 9.14. The molecular weight excluding hydrogens is 602 g/mol. The number of hydrogen-bond acceptors (Lipinski definition) is 9. The maximum Gasteiger partial charge on any atom is 0.414 e. The van der Waals surface area contributed by atoms with Crippen molar-refractivity contribution >= 4 is 23.8 Å². The molecule has 6 atom stereocenters. The number of aliphatic hydroxyl groups is 2. The maximum absolute atomic E-state index is 13.0. The van der Waals surface area contributed by atoms with Crippen molar-refractivity contribution in [3.05, 3.63) is 65.8 Å². The van der Waals surface area contributed by atoms with Gasteiger partial charge in [0.2, 0.25) is 0 Å². The van der Waals surface area contributed by atoms with Crippen molar-refractivity contribution in [2.45, 2.75) is 77.3 Å². The Bertz CT molecular complexity index is 1330. The lowest BCUT2D eigenvalue weighted by atomic mass is 9.89. The number of cyclic esters (lactones) is 1. The molecule has 0 aliphatic carbocycles. The number of carbonyl (C=O) groups excluding carboxylic acids is 3. The quantitative estimate of drug-likeness (QED) is 0.198. The van der Waals surface area contributed by atoms with Gasteiger partial charge in [-0.15, -0.1) is 0 Å². The lowest BCUT2D eigenvalue weighted by Gasteiger charge is -2.36. The number of carbonyl (C=O) groups is 3. The SMILES string of the molecule is C/C(=C\C=C\C(C)COC(=O)N1CCc2ccccc21)[C@H]1OC(=O)C[C@@H](O)CC[C@](C)(O)[C@@H](OC(=O)N2CCN(C)CC2)/C=C/[C@@H]1C. The van der Waals surface area contributed by atoms with Crippen molar-refractivity contribution < 1.29 is 38.8 Å². The molecule has 1 aromatic carbocycles. The van der Waals surface area contributed by atoms with Crippen molar-refractivity contribution in [1.82, 2.24) is 9.80 Å². The first-order chi connectivity index (χ1) is 22.3. The largest absolute Gasteiger partial charge is 0.457 e. The van der Waals surface area contributed by atoms with Gasteiger partial charge in [0, 0.05) is 44.6 Å². The Balaban J connectivity index is 1.41. The molecule has 4 rings (SSSR count). The number of benzene rings is 1. The fourth-order valence-corrected chi connectivity index (χ4v) is 5.98. The third-order valence-corrected chi connectivity index (χ3v) is 9.14. The van der Waals surface area contributed by atoms with Crippen LogP contribution in [0.4, 0.5) is 15.3 Å². The molecule has 0 aromatic heterocycles. The zero-order valence-electron chi connectivity index (χ0n) is 28.3. The third kappa shape index (κ3) is 10.2. The number of hydrogen-bond donors (Lipinski definition) is 2. The van der Waals surface area contributed by atoms with Gasteiger partial charge in [0.1, 0.15) is 11.7 Å². The predicted molar refractivity (Wildman–Crippen MR) is 179 cm³/mol. The number of rotatable bonds is 6. The molecule has 1 fully saturated rings. The van der Waals surface area contributed by atoms with Gasteiger partial charge in [0.15, 0.2) is 6.10 Å². The van der Waals surface area contributed by atoms with E-state index in [2.05, 4.69) is 4.90 Å². The van der Waals surface area contributed by atoms with E-state index in [0.717, 1.165) is 36.3 Å². The van der Waals surface area contributed by atoms with Crippen LogP contribution in [0.3, 0.4) is 0 Å². The molecule has 3 heterocycles. The molecule has 3 aliphatic rings. The van der Waals surface area contributed by atoms with Crippen LogP contribution in [0.15, 0.2) is 60.2 Å². The van der Waals surface area contributed by atoms with Crippen LogP contribution in [0, 0.1) is 11.8 Å². The number of nitrogens with zero attached hydrogens (tertiary/aromatic N) is 3. The Morgan fingerprint density at radius 2 is 1.85 bits per heavy atom. The van der Waals surface area contributed by atoms with E-state index in [1.54, 1.807) is 28.9 Å². The van der Waals surface area contributed by atoms with Crippen LogP contribution in [-0.4, -0.2) is 108 Å². The lowest BCUT2D eigenvalue weighted by Crippen LogP contribution is -2.50. The summed E-state index contributed by atoms with van der Waals surface area (Å²) in [5.41, 5.74) is 1.32. The van der Waals surface area contributed by atoms with E-state index in [9.17, 15) is 24.6 Å². The second kappa shape index (κ2) is 16.4. The first-order valence-electron chi connectivity index (χ1n) is 16.6. The molecule has 11 nitrogen and oxygen atoms in total. The predicted octanol–water partition coefficient (Wildman–Crippen LogP) is 4.48. The first kappa shape index (κ1) is 36.2. The van der Waals surface area contributed by atoms with Gasteiger partial charge in [-0.2, -0.15) is 0 Å². The highest BCUT2D eigenvalue weighted by Crippen LogP contribution is 2.29. The molecule has 1 saturated heterocycles. The van der Waals surface area contributed by atoms with Crippen molar-refractivity contribution in [2.24, 2.45) is 11.8 Å². The number of fused-ring (bicyclic) bond motifs is 1. The minimum absolute atomic E-state index is 0.0647. The topological polar surface area (TPSA) is 129 Å². The molecular formula is C36H51N3O8. The van der Waals surface area contributed by atoms with Gasteiger partial charge in [-0.25, -0.2) is 9.59 Å². The fourth-order valence-electron chi connectivity index (χ4n) is 5.98. The van der Waals surface area contributed by atoms with E-state index in [1.165, 1.54) is 0 Å². The van der Waals surface area contributed by atoms with Crippen molar-refractivity contribution in [2.75, 3.05) is 51.3 Å². The Kier molecular flexibility index (Phi) is 12.6. The molecule has 0 saturated carbocycles. The summed E-state index contributed by atoms with van der Waals surface area (Å²) in [6.07, 6.45) is 6.38. The van der Waals surface area contributed by atoms with E-state index in [-0.39, 0.29) is 43.8 Å². The number of likely N-dealkylation sites (N-methyl/N-ethyl adjacent to an activating group) is 1. The zero-order valence-corrected chi connectivity index (χ0v) is 28.3. The van der Waals surface area contributed by atoms with Gasteiger partial charge in [-0.1, -0.05) is 56.4 Å². The molecule has 11 heteroatoms. The molecule has 0 bridgehead atoms. The molecule has 2 amide bonds. The Hall–Kier alpha value is -3.67. The monoisotopic (exact) mass is 653 g/mol. The van der Waals surface area contributed by atoms with Crippen LogP contribution in [0.25, 0.3) is 0 Å². The van der Waals surface area contributed by atoms with Gasteiger partial charge in [0.25, 0.3) is 0 Å². The molecule has 0 radical (unpaired) electrons. The summed E-state index contributed by atoms with van der Waals surface area (Å²) in [6.45, 7) is 10.6. The lowest BCUT2D eigenvalue weighted by molar-refractivity contribution is -0.151. The van der Waals surface area contributed by atoms with Crippen LogP contribution in [0.2, 0.25) is 0 Å². The highest BCUT2D eigenvalue weighted by molar-refractivity contribution is 5.90. The van der Waals surface area contributed by atoms with Crippen molar-refractivity contribution in [3.63, 3.8) is 0 Å². The van der Waals surface area contributed by atoms with Crippen LogP contribution >= 0.6 is 0 Å². The van der Waals surface area contributed by atoms with E-state index in [0.29, 0.717) is 19.6 Å². The number of amides is 2.